The molecule has 0 aliphatic rings. The quantitative estimate of drug-likeness (QED) is 0.629. The zero-order chi connectivity index (χ0) is 18.5. The van der Waals surface area contributed by atoms with Gasteiger partial charge in [0.05, 0.1) is 7.11 Å². The standard InChI is InChI=1S/C17H17FN4O3S/c1-24-17(23)12(7-8-26-2)21-15-13-14(10-3-5-11(18)6-4-10)22-25-16(13)20-9-19-15/h3-6,9,12H,7-8H2,1-2H3,(H,19,20,21)/t12-/m1/s1. The van der Waals surface area contributed by atoms with E-state index in [1.807, 2.05) is 6.26 Å². The number of carbonyl (C=O) groups excluding carboxylic acids is 1. The molecule has 26 heavy (non-hydrogen) atoms. The third-order valence-corrected chi connectivity index (χ3v) is 4.44. The number of halogens is 1. The molecule has 0 amide bonds. The van der Waals surface area contributed by atoms with Crippen LogP contribution in [0.1, 0.15) is 6.42 Å². The van der Waals surface area contributed by atoms with Crippen molar-refractivity contribution < 1.29 is 18.4 Å². The van der Waals surface area contributed by atoms with Gasteiger partial charge in [-0.15, -0.1) is 0 Å². The number of methoxy groups -OCH3 is 1. The molecule has 3 aromatic rings. The van der Waals surface area contributed by atoms with E-state index in [4.69, 9.17) is 9.26 Å². The second kappa shape index (κ2) is 8.13. The largest absolute Gasteiger partial charge is 0.467 e. The number of benzene rings is 1. The summed E-state index contributed by atoms with van der Waals surface area (Å²) in [4.78, 5) is 20.4. The highest BCUT2D eigenvalue weighted by molar-refractivity contribution is 7.98. The fourth-order valence-corrected chi connectivity index (χ4v) is 2.96. The van der Waals surface area contributed by atoms with Crippen LogP contribution in [0.3, 0.4) is 0 Å². The molecule has 0 aliphatic carbocycles. The van der Waals surface area contributed by atoms with Crippen molar-refractivity contribution >= 4 is 34.6 Å². The van der Waals surface area contributed by atoms with Crippen LogP contribution in [-0.2, 0) is 9.53 Å². The predicted octanol–water partition coefficient (Wildman–Crippen LogP) is 3.13. The summed E-state index contributed by atoms with van der Waals surface area (Å²) in [5, 5.41) is 7.66. The number of rotatable bonds is 7. The molecule has 7 nitrogen and oxygen atoms in total. The number of esters is 1. The number of nitrogens with one attached hydrogen (secondary N) is 1. The number of hydrogen-bond acceptors (Lipinski definition) is 8. The van der Waals surface area contributed by atoms with Crippen LogP contribution in [-0.4, -0.2) is 46.3 Å². The van der Waals surface area contributed by atoms with Crippen molar-refractivity contribution in [1.82, 2.24) is 15.1 Å². The Hall–Kier alpha value is -2.68. The third-order valence-electron chi connectivity index (χ3n) is 3.80. The zero-order valence-corrected chi connectivity index (χ0v) is 15.0. The van der Waals surface area contributed by atoms with Gasteiger partial charge in [-0.25, -0.2) is 14.2 Å². The van der Waals surface area contributed by atoms with E-state index in [9.17, 15) is 9.18 Å². The van der Waals surface area contributed by atoms with Crippen LogP contribution in [0, 0.1) is 5.82 Å². The molecule has 9 heteroatoms. The van der Waals surface area contributed by atoms with Crippen LogP contribution in [0.25, 0.3) is 22.4 Å². The second-order valence-electron chi connectivity index (χ2n) is 5.44. The molecule has 3 rings (SSSR count). The molecule has 0 saturated carbocycles. The number of fused-ring (bicyclic) bond motifs is 1. The first-order valence-electron chi connectivity index (χ1n) is 7.83. The molecule has 0 unspecified atom stereocenters. The first kappa shape index (κ1) is 18.1. The lowest BCUT2D eigenvalue weighted by Gasteiger charge is -2.16. The monoisotopic (exact) mass is 376 g/mol. The summed E-state index contributed by atoms with van der Waals surface area (Å²) in [6, 6.07) is 5.29. The minimum absolute atomic E-state index is 0.273. The van der Waals surface area contributed by atoms with E-state index in [1.165, 1.54) is 25.6 Å². The summed E-state index contributed by atoms with van der Waals surface area (Å²) < 4.78 is 23.3. The van der Waals surface area contributed by atoms with E-state index < -0.39 is 6.04 Å². The maximum absolute atomic E-state index is 13.2. The van der Waals surface area contributed by atoms with Crippen molar-refractivity contribution in [2.45, 2.75) is 12.5 Å². The molecule has 0 bridgehead atoms. The lowest BCUT2D eigenvalue weighted by atomic mass is 10.1. The van der Waals surface area contributed by atoms with Gasteiger partial charge in [0.2, 0.25) is 0 Å². The summed E-state index contributed by atoms with van der Waals surface area (Å²) in [5.41, 5.74) is 1.40. The van der Waals surface area contributed by atoms with E-state index in [1.54, 1.807) is 23.9 Å². The van der Waals surface area contributed by atoms with Gasteiger partial charge in [0.25, 0.3) is 5.71 Å². The Balaban J connectivity index is 2.01. The second-order valence-corrected chi connectivity index (χ2v) is 6.43. The van der Waals surface area contributed by atoms with Crippen molar-refractivity contribution in [3.05, 3.63) is 36.4 Å². The molecule has 2 heterocycles. The van der Waals surface area contributed by atoms with Gasteiger partial charge < -0.3 is 14.6 Å². The number of aromatic nitrogens is 3. The lowest BCUT2D eigenvalue weighted by molar-refractivity contribution is -0.141. The number of nitrogens with zero attached hydrogens (tertiary/aromatic N) is 3. The summed E-state index contributed by atoms with van der Waals surface area (Å²) in [6.07, 6.45) is 3.85. The first-order chi connectivity index (χ1) is 12.6. The molecular weight excluding hydrogens is 359 g/mol. The Labute approximate surface area is 153 Å². The number of ether oxygens (including phenoxy) is 1. The third kappa shape index (κ3) is 3.77. The minimum atomic E-state index is -0.568. The van der Waals surface area contributed by atoms with Gasteiger partial charge in [0.15, 0.2) is 0 Å². The summed E-state index contributed by atoms with van der Waals surface area (Å²) >= 11 is 1.63. The summed E-state index contributed by atoms with van der Waals surface area (Å²) in [5.74, 6) is 0.451. The van der Waals surface area contributed by atoms with Crippen LogP contribution >= 0.6 is 11.8 Å². The number of thioether (sulfide) groups is 1. The van der Waals surface area contributed by atoms with Crippen LogP contribution in [0.5, 0.6) is 0 Å². The molecule has 1 N–H and O–H groups in total. The van der Waals surface area contributed by atoms with E-state index in [0.29, 0.717) is 28.9 Å². The molecular formula is C17H17FN4O3S. The number of carbonyl (C=O) groups is 1. The molecule has 2 aromatic heterocycles. The van der Waals surface area contributed by atoms with Crippen LogP contribution in [0.4, 0.5) is 10.2 Å². The highest BCUT2D eigenvalue weighted by Crippen LogP contribution is 2.31. The molecule has 0 fully saturated rings. The molecule has 1 aromatic carbocycles. The van der Waals surface area contributed by atoms with Crippen molar-refractivity contribution in [2.24, 2.45) is 0 Å². The van der Waals surface area contributed by atoms with Gasteiger partial charge in [-0.1, -0.05) is 5.16 Å². The van der Waals surface area contributed by atoms with E-state index in [-0.39, 0.29) is 17.5 Å². The Morgan fingerprint density at radius 1 is 1.35 bits per heavy atom. The first-order valence-corrected chi connectivity index (χ1v) is 9.23. The topological polar surface area (TPSA) is 90.1 Å². The smallest absolute Gasteiger partial charge is 0.328 e. The van der Waals surface area contributed by atoms with Gasteiger partial charge >= 0.3 is 5.97 Å². The Kier molecular flexibility index (Phi) is 5.67. The van der Waals surface area contributed by atoms with Gasteiger partial charge in [0, 0.05) is 5.56 Å². The summed E-state index contributed by atoms with van der Waals surface area (Å²) in [6.45, 7) is 0. The van der Waals surface area contributed by atoms with E-state index >= 15 is 0 Å². The average Bonchev–Trinajstić information content (AvgIpc) is 3.10. The molecule has 1 atom stereocenters. The summed E-state index contributed by atoms with van der Waals surface area (Å²) in [7, 11) is 1.34. The SMILES string of the molecule is COC(=O)[C@@H](CCSC)Nc1ncnc2onc(-c3ccc(F)cc3)c12. The Morgan fingerprint density at radius 3 is 2.81 bits per heavy atom. The fourth-order valence-electron chi connectivity index (χ4n) is 2.49. The Morgan fingerprint density at radius 2 is 2.12 bits per heavy atom. The van der Waals surface area contributed by atoms with E-state index in [2.05, 4.69) is 20.4 Å². The molecule has 0 saturated heterocycles. The highest BCUT2D eigenvalue weighted by Gasteiger charge is 2.23. The van der Waals surface area contributed by atoms with Crippen LogP contribution in [0.15, 0.2) is 35.1 Å². The van der Waals surface area contributed by atoms with Crippen molar-refractivity contribution in [3.63, 3.8) is 0 Å². The zero-order valence-electron chi connectivity index (χ0n) is 14.2. The van der Waals surface area contributed by atoms with Crippen molar-refractivity contribution in [2.75, 3.05) is 24.4 Å². The maximum Gasteiger partial charge on any atom is 0.328 e. The van der Waals surface area contributed by atoms with E-state index in [0.717, 1.165) is 5.75 Å². The van der Waals surface area contributed by atoms with Gasteiger partial charge in [-0.3, -0.25) is 0 Å². The molecule has 0 aliphatic heterocycles. The van der Waals surface area contributed by atoms with Gasteiger partial charge in [0.1, 0.15) is 35.1 Å². The minimum Gasteiger partial charge on any atom is -0.467 e. The van der Waals surface area contributed by atoms with Gasteiger partial charge in [-0.2, -0.15) is 16.7 Å². The highest BCUT2D eigenvalue weighted by atomic mass is 32.2. The number of hydrogen-bond donors (Lipinski definition) is 1. The lowest BCUT2D eigenvalue weighted by Crippen LogP contribution is -2.31. The van der Waals surface area contributed by atoms with Crippen LogP contribution < -0.4 is 5.32 Å². The van der Waals surface area contributed by atoms with Crippen molar-refractivity contribution in [1.29, 1.82) is 0 Å². The predicted molar refractivity (Wildman–Crippen MR) is 97.4 cm³/mol. The normalized spacial score (nSPS) is 12.1. The molecule has 0 radical (unpaired) electrons. The number of anilines is 1. The molecule has 0 spiro atoms. The maximum atomic E-state index is 13.2. The average molecular weight is 376 g/mol. The molecule has 136 valence electrons. The van der Waals surface area contributed by atoms with Crippen molar-refractivity contribution in [3.8, 4) is 11.3 Å². The van der Waals surface area contributed by atoms with Gasteiger partial charge in [-0.05, 0) is 42.7 Å². The fraction of sp³-hybridized carbons (Fsp3) is 0.294. The van der Waals surface area contributed by atoms with Crippen LogP contribution in [0.2, 0.25) is 0 Å². The Bertz CT molecular complexity index is 901.